The van der Waals surface area contributed by atoms with Crippen LogP contribution in [0.2, 0.25) is 0 Å². The number of fused-ring (bicyclic) bond motifs is 5. The van der Waals surface area contributed by atoms with Gasteiger partial charge in [0.1, 0.15) is 5.65 Å². The van der Waals surface area contributed by atoms with Crippen LogP contribution >= 0.6 is 0 Å². The van der Waals surface area contributed by atoms with Gasteiger partial charge in [-0.2, -0.15) is 0 Å². The molecule has 3 aromatic heterocycles. The molecule has 0 unspecified atom stereocenters. The summed E-state index contributed by atoms with van der Waals surface area (Å²) < 4.78 is 13.6. The lowest BCUT2D eigenvalue weighted by molar-refractivity contribution is -0.167. The summed E-state index contributed by atoms with van der Waals surface area (Å²) in [5.41, 5.74) is 2.21. The molecule has 4 aliphatic rings. The van der Waals surface area contributed by atoms with Gasteiger partial charge in [-0.25, -0.2) is 9.97 Å². The molecule has 1 amide bonds. The van der Waals surface area contributed by atoms with Crippen molar-refractivity contribution >= 4 is 22.8 Å². The molecular weight excluding hydrogens is 446 g/mol. The second kappa shape index (κ2) is 8.42. The second-order valence-electron chi connectivity index (χ2n) is 10.0. The van der Waals surface area contributed by atoms with Crippen LogP contribution in [0.4, 0.5) is 5.82 Å². The molecule has 7 rings (SSSR count). The van der Waals surface area contributed by atoms with E-state index < -0.39 is 0 Å². The Kier molecular flexibility index (Phi) is 5.34. The Morgan fingerprint density at radius 3 is 2.69 bits per heavy atom. The van der Waals surface area contributed by atoms with Gasteiger partial charge >= 0.3 is 0 Å². The summed E-state index contributed by atoms with van der Waals surface area (Å²) in [5.74, 6) is 0.897. The lowest BCUT2D eigenvalue weighted by atomic mass is 9.70. The van der Waals surface area contributed by atoms with Gasteiger partial charge in [-0.05, 0) is 69.4 Å². The van der Waals surface area contributed by atoms with Crippen molar-refractivity contribution in [3.63, 3.8) is 0 Å². The molecule has 2 N–H and O–H groups in total. The highest BCUT2D eigenvalue weighted by molar-refractivity contribution is 5.94. The van der Waals surface area contributed by atoms with Crippen LogP contribution in [0.5, 0.6) is 5.75 Å². The van der Waals surface area contributed by atoms with Crippen LogP contribution in [0.25, 0.3) is 11.0 Å². The minimum Gasteiger partial charge on any atom is -0.480 e. The maximum atomic E-state index is 12.6. The van der Waals surface area contributed by atoms with Crippen molar-refractivity contribution in [3.05, 3.63) is 58.1 Å². The maximum Gasteiger partial charge on any atom is 0.263 e. The lowest BCUT2D eigenvalue weighted by Gasteiger charge is -2.53. The van der Waals surface area contributed by atoms with Crippen LogP contribution in [-0.2, 0) is 22.6 Å². The van der Waals surface area contributed by atoms with E-state index in [0.717, 1.165) is 54.5 Å². The van der Waals surface area contributed by atoms with Gasteiger partial charge in [0.2, 0.25) is 0 Å². The Morgan fingerprint density at radius 2 is 1.89 bits per heavy atom. The lowest BCUT2D eigenvalue weighted by Crippen LogP contribution is -2.61. The normalized spacial score (nSPS) is 25.2. The number of nitrogens with zero attached hydrogens (tertiary/aromatic N) is 3. The molecule has 0 aromatic carbocycles. The minimum atomic E-state index is -0.194. The van der Waals surface area contributed by atoms with Gasteiger partial charge in [0.25, 0.3) is 11.5 Å². The summed E-state index contributed by atoms with van der Waals surface area (Å²) in [5, 5.41) is 7.42. The molecule has 0 spiro atoms. The first kappa shape index (κ1) is 22.2. The van der Waals surface area contributed by atoms with Crippen molar-refractivity contribution in [3.8, 4) is 5.75 Å². The number of amides is 1. The number of anilines is 1. The number of aryl methyl sites for hydroxylation is 2. The maximum absolute atomic E-state index is 12.6. The minimum absolute atomic E-state index is 0.0197. The van der Waals surface area contributed by atoms with Gasteiger partial charge in [0, 0.05) is 35.8 Å². The number of carbonyl (C=O) groups excluding carboxylic acids is 1. The quantitative estimate of drug-likeness (QED) is 0.564. The average Bonchev–Trinajstić information content (AvgIpc) is 2.88. The van der Waals surface area contributed by atoms with Crippen molar-refractivity contribution in [2.75, 3.05) is 18.5 Å². The summed E-state index contributed by atoms with van der Waals surface area (Å²) in [6.07, 6.45) is 4.73. The highest BCUT2D eigenvalue weighted by Crippen LogP contribution is 2.45. The molecule has 182 valence electrons. The summed E-state index contributed by atoms with van der Waals surface area (Å²) in [6.45, 7) is 3.80. The van der Waals surface area contributed by atoms with Crippen LogP contribution in [0.15, 0.2) is 41.2 Å². The number of ether oxygens (including phenoxy) is 2. The van der Waals surface area contributed by atoms with Gasteiger partial charge in [-0.3, -0.25) is 14.2 Å². The SMILES string of the molecule is Cc1ccc2ccc(=O)n(CCC34CCC(NCc5ccc6c(n5)NC(=O)CO6)(CC3)CO4)c2n1. The van der Waals surface area contributed by atoms with Crippen molar-refractivity contribution in [2.45, 2.75) is 63.3 Å². The number of hydrogen-bond donors (Lipinski definition) is 2. The zero-order chi connectivity index (χ0) is 24.0. The standard InChI is InChI=1S/C26H29N5O4/c1-17-2-3-18-4-7-22(33)31(24(18)28-17)13-12-26-10-8-25(9-11-26,16-35-26)27-14-19-5-6-20-23(29-19)30-21(32)15-34-20/h2-7,27H,8-16H2,1H3,(H,29,30,32). The zero-order valence-electron chi connectivity index (χ0n) is 19.8. The Bertz CT molecular complexity index is 1340. The summed E-state index contributed by atoms with van der Waals surface area (Å²) in [7, 11) is 0. The molecule has 9 nitrogen and oxygen atoms in total. The molecule has 9 heteroatoms. The number of rotatable bonds is 6. The molecule has 2 saturated heterocycles. The number of nitrogens with one attached hydrogen (secondary N) is 2. The Labute approximate surface area is 202 Å². The predicted octanol–water partition coefficient (Wildman–Crippen LogP) is 2.69. The fourth-order valence-electron chi connectivity index (χ4n) is 5.48. The molecule has 3 aliphatic heterocycles. The highest BCUT2D eigenvalue weighted by atomic mass is 16.5. The first-order valence-electron chi connectivity index (χ1n) is 12.2. The van der Waals surface area contributed by atoms with Gasteiger partial charge in [-0.1, -0.05) is 0 Å². The number of carbonyl (C=O) groups is 1. The van der Waals surface area contributed by atoms with Gasteiger partial charge in [0.15, 0.2) is 18.2 Å². The van der Waals surface area contributed by atoms with Gasteiger partial charge in [0.05, 0.1) is 17.9 Å². The van der Waals surface area contributed by atoms with Crippen molar-refractivity contribution in [1.82, 2.24) is 19.9 Å². The monoisotopic (exact) mass is 475 g/mol. The van der Waals surface area contributed by atoms with E-state index in [0.29, 0.717) is 31.3 Å². The van der Waals surface area contributed by atoms with E-state index >= 15 is 0 Å². The Balaban J connectivity index is 1.10. The van der Waals surface area contributed by atoms with E-state index in [9.17, 15) is 9.59 Å². The molecule has 1 aliphatic carbocycles. The van der Waals surface area contributed by atoms with Crippen LogP contribution in [0.1, 0.15) is 43.5 Å². The van der Waals surface area contributed by atoms with E-state index in [2.05, 4.69) is 20.6 Å². The van der Waals surface area contributed by atoms with Crippen molar-refractivity contribution in [1.29, 1.82) is 0 Å². The van der Waals surface area contributed by atoms with E-state index in [4.69, 9.17) is 9.47 Å². The Morgan fingerprint density at radius 1 is 1.06 bits per heavy atom. The molecule has 1 saturated carbocycles. The van der Waals surface area contributed by atoms with Crippen molar-refractivity contribution in [2.24, 2.45) is 0 Å². The molecule has 3 aromatic rings. The molecule has 0 radical (unpaired) electrons. The summed E-state index contributed by atoms with van der Waals surface area (Å²) in [6, 6.07) is 11.2. The largest absolute Gasteiger partial charge is 0.480 e. The summed E-state index contributed by atoms with van der Waals surface area (Å²) in [4.78, 5) is 33.4. The van der Waals surface area contributed by atoms with Gasteiger partial charge in [-0.15, -0.1) is 0 Å². The molecule has 3 fully saturated rings. The molecule has 35 heavy (non-hydrogen) atoms. The fourth-order valence-corrected chi connectivity index (χ4v) is 5.48. The third-order valence-corrected chi connectivity index (χ3v) is 7.71. The van der Waals surface area contributed by atoms with Crippen LogP contribution in [-0.4, -0.2) is 44.8 Å². The third-order valence-electron chi connectivity index (χ3n) is 7.71. The molecule has 6 heterocycles. The van der Waals surface area contributed by atoms with E-state index in [1.165, 1.54) is 0 Å². The van der Waals surface area contributed by atoms with E-state index in [1.54, 1.807) is 10.6 Å². The molecule has 2 bridgehead atoms. The zero-order valence-corrected chi connectivity index (χ0v) is 19.8. The van der Waals surface area contributed by atoms with Crippen molar-refractivity contribution < 1.29 is 14.3 Å². The van der Waals surface area contributed by atoms with Crippen LogP contribution in [0, 0.1) is 6.92 Å². The number of hydrogen-bond acceptors (Lipinski definition) is 7. The number of pyridine rings is 3. The first-order valence-corrected chi connectivity index (χ1v) is 12.2. The van der Waals surface area contributed by atoms with Crippen LogP contribution < -0.4 is 20.9 Å². The smallest absolute Gasteiger partial charge is 0.263 e. The average molecular weight is 476 g/mol. The number of aromatic nitrogens is 3. The first-order chi connectivity index (χ1) is 16.9. The Hall–Kier alpha value is -3.30. The third kappa shape index (κ3) is 4.19. The summed E-state index contributed by atoms with van der Waals surface area (Å²) >= 11 is 0. The topological polar surface area (TPSA) is 107 Å². The van der Waals surface area contributed by atoms with E-state index in [-0.39, 0.29) is 29.2 Å². The molecular formula is C26H29N5O4. The van der Waals surface area contributed by atoms with Gasteiger partial charge < -0.3 is 20.1 Å². The van der Waals surface area contributed by atoms with E-state index in [1.807, 2.05) is 37.3 Å². The highest BCUT2D eigenvalue weighted by Gasteiger charge is 2.49. The van der Waals surface area contributed by atoms with Crippen LogP contribution in [0.3, 0.4) is 0 Å². The second-order valence-corrected chi connectivity index (χ2v) is 10.0. The predicted molar refractivity (Wildman–Crippen MR) is 130 cm³/mol. The molecule has 0 atom stereocenters. The fraction of sp³-hybridized carbons (Fsp3) is 0.462.